The van der Waals surface area contributed by atoms with Gasteiger partial charge in [0.05, 0.1) is 11.0 Å². The normalized spacial score (nSPS) is 13.9. The van der Waals surface area contributed by atoms with E-state index in [1.807, 2.05) is 18.2 Å². The van der Waals surface area contributed by atoms with E-state index < -0.39 is 0 Å². The van der Waals surface area contributed by atoms with Crippen LogP contribution in [0.1, 0.15) is 88.8 Å². The molecule has 0 atom stereocenters. The Bertz CT molecular complexity index is 3840. The van der Waals surface area contributed by atoms with E-state index in [4.69, 9.17) is 13.8 Å². The summed E-state index contributed by atoms with van der Waals surface area (Å²) in [5.74, 6) is 0. The van der Waals surface area contributed by atoms with E-state index in [0.29, 0.717) is 0 Å². The van der Waals surface area contributed by atoms with Crippen molar-refractivity contribution in [3.63, 3.8) is 0 Å². The Morgan fingerprint density at radius 1 is 0.521 bits per heavy atom. The SMILES string of the molecule is [CH2-]c1cc(C(C)(C)C)cc2c1N(c1[c-]ccc[c-]1)c1c([CH2-])c(C(C)(C)C)cc3c1B2c1cc2c4ccccc4n(-c4ccccc4)c2cc1N3c1ccc(-c2ccc3c(c2)C(C)(C)c2ccccc2-3)cc1.[Cd+2].[Cd+2]. The first-order valence-corrected chi connectivity index (χ1v) is 25.1. The van der Waals surface area contributed by atoms with E-state index in [-0.39, 0.29) is 77.6 Å². The van der Waals surface area contributed by atoms with Crippen LogP contribution in [0.2, 0.25) is 0 Å². The molecule has 3 heterocycles. The zero-order valence-electron chi connectivity index (χ0n) is 43.4. The number of para-hydroxylation sites is 3. The molecule has 1 aliphatic carbocycles. The summed E-state index contributed by atoms with van der Waals surface area (Å²) in [4.78, 5) is 4.94. The first-order chi connectivity index (χ1) is 34.1. The van der Waals surface area contributed by atoms with Gasteiger partial charge in [-0.15, -0.1) is 11.0 Å². The van der Waals surface area contributed by atoms with Crippen LogP contribution in [0.3, 0.4) is 0 Å². The number of nitrogens with zero attached hydrogens (tertiary/aromatic N) is 3. The summed E-state index contributed by atoms with van der Waals surface area (Å²) in [7, 11) is 0. The van der Waals surface area contributed by atoms with E-state index in [2.05, 4.69) is 234 Å². The van der Waals surface area contributed by atoms with Crippen LogP contribution in [0.4, 0.5) is 34.1 Å². The molecule has 9 aromatic carbocycles. The fraction of sp³-hybridized carbons (Fsp3) is 0.164. The molecule has 0 fully saturated rings. The number of fused-ring (bicyclic) bond motifs is 10. The maximum atomic E-state index is 5.03. The van der Waals surface area contributed by atoms with Gasteiger partial charge in [-0.05, 0) is 86.7 Å². The molecule has 6 heteroatoms. The average molecular weight is 1140 g/mol. The Balaban J connectivity index is 0.00000287. The van der Waals surface area contributed by atoms with Gasteiger partial charge in [0.2, 0.25) is 6.71 Å². The minimum absolute atomic E-state index is 0. The summed E-state index contributed by atoms with van der Waals surface area (Å²) < 4.78 is 2.45. The molecule has 13 rings (SSSR count). The van der Waals surface area contributed by atoms with Gasteiger partial charge in [-0.25, -0.2) is 5.69 Å². The monoisotopic (exact) mass is 1140 g/mol. The van der Waals surface area contributed by atoms with Gasteiger partial charge in [-0.3, -0.25) is 18.2 Å². The van der Waals surface area contributed by atoms with E-state index in [9.17, 15) is 0 Å². The molecule has 0 spiro atoms. The largest absolute Gasteiger partial charge is 2.00 e. The Hall–Kier alpha value is -5.97. The number of rotatable bonds is 4. The van der Waals surface area contributed by atoms with Crippen molar-refractivity contribution in [1.82, 2.24) is 4.57 Å². The zero-order chi connectivity index (χ0) is 48.9. The van der Waals surface area contributed by atoms with Crippen molar-refractivity contribution < 1.29 is 54.6 Å². The van der Waals surface area contributed by atoms with Crippen molar-refractivity contribution in [2.75, 3.05) is 9.80 Å². The molecule has 0 amide bonds. The van der Waals surface area contributed by atoms with E-state index in [0.717, 1.165) is 50.9 Å². The summed E-state index contributed by atoms with van der Waals surface area (Å²) in [6, 6.07) is 70.4. The smallest absolute Gasteiger partial charge is 0.463 e. The molecule has 73 heavy (non-hydrogen) atoms. The average Bonchev–Trinajstić information content (AvgIpc) is 3.81. The number of hydrogen-bond acceptors (Lipinski definition) is 2. The van der Waals surface area contributed by atoms with Crippen LogP contribution in [-0.4, -0.2) is 11.3 Å². The van der Waals surface area contributed by atoms with Crippen molar-refractivity contribution in [2.24, 2.45) is 0 Å². The number of aromatic nitrogens is 1. The van der Waals surface area contributed by atoms with Crippen LogP contribution in [-0.2, 0) is 70.8 Å². The first-order valence-electron chi connectivity index (χ1n) is 25.1. The third kappa shape index (κ3) is 7.42. The number of hydrogen-bond donors (Lipinski definition) is 0. The summed E-state index contributed by atoms with van der Waals surface area (Å²) in [6.07, 6.45) is 0. The molecule has 10 aromatic rings. The molecule has 0 radical (unpaired) electrons. The number of benzene rings is 9. The molecule has 0 N–H and O–H groups in total. The van der Waals surface area contributed by atoms with Gasteiger partial charge in [-0.1, -0.05) is 186 Å². The van der Waals surface area contributed by atoms with Gasteiger partial charge < -0.3 is 26.5 Å². The minimum Gasteiger partial charge on any atom is -0.463 e. The van der Waals surface area contributed by atoms with Crippen molar-refractivity contribution >= 4 is 79.0 Å². The summed E-state index contributed by atoms with van der Waals surface area (Å²) >= 11 is 0. The molecule has 1 aromatic heterocycles. The zero-order valence-corrected chi connectivity index (χ0v) is 51.5. The first kappa shape index (κ1) is 49.3. The Kier molecular flexibility index (Phi) is 11.9. The predicted molar refractivity (Wildman–Crippen MR) is 302 cm³/mol. The molecule has 2 aliphatic heterocycles. The number of anilines is 6. The maximum absolute atomic E-state index is 5.03. The predicted octanol–water partition coefficient (Wildman–Crippen LogP) is 15.4. The summed E-state index contributed by atoms with van der Waals surface area (Å²) in [6.45, 7) is 28.3. The van der Waals surface area contributed by atoms with Gasteiger partial charge >= 0.3 is 54.6 Å². The Morgan fingerprint density at radius 2 is 1.19 bits per heavy atom. The van der Waals surface area contributed by atoms with E-state index >= 15 is 0 Å². The van der Waals surface area contributed by atoms with E-state index in [1.54, 1.807) is 0 Å². The van der Waals surface area contributed by atoms with Gasteiger partial charge in [-0.2, -0.15) is 31.0 Å². The van der Waals surface area contributed by atoms with Gasteiger partial charge in [0.1, 0.15) is 0 Å². The standard InChI is InChI=1S/C67H56BN3.2Cd/c1-41-35-45(65(3,4)5)37-57-63(41)71(47-23-15-12-16-24-47)64-42(2)54(66(6,7)8)39-61-62(64)68(57)56-38-52-51-26-18-20-28-58(51)69(46-21-13-11-14-22-46)59(52)40-60(56)70(61)48-32-29-43(30-33-48)44-31-34-50-49-25-17-19-27-53(49)67(9,10)55(50)36-44;;/h11-22,25-40H,1-2H2,3-10H3;;/q-4;2*+2. The van der Waals surface area contributed by atoms with E-state index in [1.165, 1.54) is 82.7 Å². The van der Waals surface area contributed by atoms with Gasteiger partial charge in [0.15, 0.2) is 0 Å². The van der Waals surface area contributed by atoms with Crippen molar-refractivity contribution in [3.05, 3.63) is 229 Å². The molecule has 0 saturated heterocycles. The molecule has 0 saturated carbocycles. The molecule has 3 nitrogen and oxygen atoms in total. The van der Waals surface area contributed by atoms with Gasteiger partial charge in [0.25, 0.3) is 0 Å². The Labute approximate surface area is 472 Å². The van der Waals surface area contributed by atoms with Crippen LogP contribution >= 0.6 is 0 Å². The fourth-order valence-corrected chi connectivity index (χ4v) is 12.4. The fourth-order valence-electron chi connectivity index (χ4n) is 12.4. The molecule has 0 unspecified atom stereocenters. The Morgan fingerprint density at radius 3 is 1.92 bits per heavy atom. The van der Waals surface area contributed by atoms with Crippen molar-refractivity contribution in [2.45, 2.75) is 71.6 Å². The molecule has 346 valence electrons. The quantitative estimate of drug-likeness (QED) is 0.129. The summed E-state index contributed by atoms with van der Waals surface area (Å²) in [5.41, 5.74) is 25.5. The minimum atomic E-state index is -0.238. The van der Waals surface area contributed by atoms with Crippen molar-refractivity contribution in [3.8, 4) is 27.9 Å². The van der Waals surface area contributed by atoms with Crippen LogP contribution in [0.15, 0.2) is 170 Å². The second-order valence-corrected chi connectivity index (χ2v) is 22.6. The van der Waals surface area contributed by atoms with Crippen LogP contribution in [0, 0.1) is 26.0 Å². The molecule has 3 aliphatic rings. The third-order valence-electron chi connectivity index (χ3n) is 15.9. The maximum Gasteiger partial charge on any atom is 2.00 e. The molecular weight excluding hydrogens is 1080 g/mol. The molecule has 0 bridgehead atoms. The summed E-state index contributed by atoms with van der Waals surface area (Å²) in [5, 5.41) is 2.45. The second kappa shape index (κ2) is 17.6. The third-order valence-corrected chi connectivity index (χ3v) is 15.9. The topological polar surface area (TPSA) is 11.4 Å². The molecular formula is C67H56BCd2N3. The van der Waals surface area contributed by atoms with Crippen LogP contribution in [0.5, 0.6) is 0 Å². The van der Waals surface area contributed by atoms with Crippen molar-refractivity contribution in [1.29, 1.82) is 0 Å². The van der Waals surface area contributed by atoms with Crippen LogP contribution in [0.25, 0.3) is 49.7 Å². The second-order valence-electron chi connectivity index (χ2n) is 22.6. The van der Waals surface area contributed by atoms with Gasteiger partial charge in [0, 0.05) is 38.9 Å². The van der Waals surface area contributed by atoms with Crippen LogP contribution < -0.4 is 26.2 Å².